The van der Waals surface area contributed by atoms with Gasteiger partial charge in [-0.2, -0.15) is 0 Å². The summed E-state index contributed by atoms with van der Waals surface area (Å²) < 4.78 is 0. The zero-order chi connectivity index (χ0) is 8.72. The summed E-state index contributed by atoms with van der Waals surface area (Å²) in [5.41, 5.74) is 3.24. The van der Waals surface area contributed by atoms with Gasteiger partial charge < -0.3 is 10.4 Å². The summed E-state index contributed by atoms with van der Waals surface area (Å²) in [7, 11) is 0. The first-order chi connectivity index (χ1) is 5.68. The van der Waals surface area contributed by atoms with Crippen molar-refractivity contribution < 1.29 is 5.11 Å². The van der Waals surface area contributed by atoms with E-state index < -0.39 is 0 Å². The molecule has 0 radical (unpaired) electrons. The Balaban J connectivity index is 2.51. The molecule has 1 aromatic rings. The van der Waals surface area contributed by atoms with Gasteiger partial charge in [0.25, 0.3) is 0 Å². The lowest BCUT2D eigenvalue weighted by molar-refractivity contribution is 0.463. The highest BCUT2D eigenvalue weighted by Crippen LogP contribution is 2.33. The van der Waals surface area contributed by atoms with E-state index in [1.807, 2.05) is 19.1 Å². The Morgan fingerprint density at radius 2 is 2.08 bits per heavy atom. The highest BCUT2D eigenvalue weighted by atomic mass is 16.3. The van der Waals surface area contributed by atoms with Gasteiger partial charge in [0.2, 0.25) is 0 Å². The Morgan fingerprint density at radius 1 is 1.42 bits per heavy atom. The third kappa shape index (κ3) is 1.18. The lowest BCUT2D eigenvalue weighted by Crippen LogP contribution is -1.89. The molecular weight excluding hydrogens is 150 g/mol. The maximum absolute atomic E-state index is 9.69. The van der Waals surface area contributed by atoms with E-state index in [1.54, 1.807) is 0 Å². The van der Waals surface area contributed by atoms with Crippen molar-refractivity contribution in [2.45, 2.75) is 19.9 Å². The van der Waals surface area contributed by atoms with E-state index in [0.29, 0.717) is 11.8 Å². The largest absolute Gasteiger partial charge is 0.507 e. The first-order valence-corrected chi connectivity index (χ1v) is 4.22. The molecule has 1 aromatic carbocycles. The lowest BCUT2D eigenvalue weighted by Gasteiger charge is -2.06. The predicted molar refractivity (Wildman–Crippen MR) is 48.3 cm³/mol. The van der Waals surface area contributed by atoms with Gasteiger partial charge in [-0.3, -0.25) is 0 Å². The van der Waals surface area contributed by atoms with Crippen molar-refractivity contribution in [2.75, 3.05) is 6.54 Å². The summed E-state index contributed by atoms with van der Waals surface area (Å²) in [5, 5.41) is 12.9. The lowest BCUT2D eigenvalue weighted by atomic mass is 10.0. The SMILES string of the molecule is Cc1cc(C)c(O)c(C2CN2)c1. The van der Waals surface area contributed by atoms with Gasteiger partial charge >= 0.3 is 0 Å². The molecule has 2 nitrogen and oxygen atoms in total. The molecule has 0 aromatic heterocycles. The maximum atomic E-state index is 9.69. The zero-order valence-electron chi connectivity index (χ0n) is 7.39. The van der Waals surface area contributed by atoms with Crippen molar-refractivity contribution in [2.24, 2.45) is 0 Å². The van der Waals surface area contributed by atoms with Crippen LogP contribution in [0, 0.1) is 13.8 Å². The van der Waals surface area contributed by atoms with Gasteiger partial charge in [0.05, 0.1) is 0 Å². The van der Waals surface area contributed by atoms with E-state index in [-0.39, 0.29) is 0 Å². The van der Waals surface area contributed by atoms with E-state index in [9.17, 15) is 5.11 Å². The average molecular weight is 163 g/mol. The minimum atomic E-state index is 0.392. The number of hydrogen-bond donors (Lipinski definition) is 2. The standard InChI is InChI=1S/C10H13NO/c1-6-3-7(2)10(12)8(4-6)9-5-11-9/h3-4,9,11-12H,5H2,1-2H3. The maximum Gasteiger partial charge on any atom is 0.123 e. The van der Waals surface area contributed by atoms with Crippen LogP contribution in [0.4, 0.5) is 0 Å². The second-order valence-corrected chi connectivity index (χ2v) is 3.48. The molecule has 2 rings (SSSR count). The minimum Gasteiger partial charge on any atom is -0.507 e. The third-order valence-electron chi connectivity index (χ3n) is 2.26. The van der Waals surface area contributed by atoms with Crippen molar-refractivity contribution >= 4 is 0 Å². The molecule has 64 valence electrons. The Labute approximate surface area is 72.2 Å². The van der Waals surface area contributed by atoms with E-state index in [0.717, 1.165) is 17.7 Å². The summed E-state index contributed by atoms with van der Waals surface area (Å²) in [5.74, 6) is 0.454. The number of rotatable bonds is 1. The molecule has 1 atom stereocenters. The molecule has 0 saturated carbocycles. The number of hydrogen-bond acceptors (Lipinski definition) is 2. The van der Waals surface area contributed by atoms with Gasteiger partial charge in [-0.25, -0.2) is 0 Å². The molecule has 0 amide bonds. The van der Waals surface area contributed by atoms with Gasteiger partial charge in [-0.1, -0.05) is 17.7 Å². The van der Waals surface area contributed by atoms with Gasteiger partial charge in [0.15, 0.2) is 0 Å². The van der Waals surface area contributed by atoms with E-state index in [4.69, 9.17) is 0 Å². The predicted octanol–water partition coefficient (Wildman–Crippen LogP) is 1.65. The second kappa shape index (κ2) is 2.49. The minimum absolute atomic E-state index is 0.392. The Kier molecular flexibility index (Phi) is 1.58. The van der Waals surface area contributed by atoms with Gasteiger partial charge in [-0.15, -0.1) is 0 Å². The molecule has 1 heterocycles. The Bertz CT molecular complexity index is 316. The van der Waals surface area contributed by atoms with Crippen molar-refractivity contribution in [3.8, 4) is 5.75 Å². The second-order valence-electron chi connectivity index (χ2n) is 3.48. The summed E-state index contributed by atoms with van der Waals surface area (Å²) >= 11 is 0. The van der Waals surface area contributed by atoms with Crippen molar-refractivity contribution in [3.05, 3.63) is 28.8 Å². The molecule has 0 spiro atoms. The molecule has 1 saturated heterocycles. The number of aromatic hydroxyl groups is 1. The molecule has 1 unspecified atom stereocenters. The molecule has 1 fully saturated rings. The van der Waals surface area contributed by atoms with Crippen LogP contribution in [0.5, 0.6) is 5.75 Å². The number of benzene rings is 1. The first-order valence-electron chi connectivity index (χ1n) is 4.22. The van der Waals surface area contributed by atoms with Crippen LogP contribution in [0.3, 0.4) is 0 Å². The number of phenols is 1. The van der Waals surface area contributed by atoms with Crippen LogP contribution in [-0.4, -0.2) is 11.7 Å². The van der Waals surface area contributed by atoms with Crippen LogP contribution >= 0.6 is 0 Å². The third-order valence-corrected chi connectivity index (χ3v) is 2.26. The molecule has 1 aliphatic heterocycles. The van der Waals surface area contributed by atoms with Crippen molar-refractivity contribution in [1.82, 2.24) is 5.32 Å². The van der Waals surface area contributed by atoms with Gasteiger partial charge in [0, 0.05) is 18.2 Å². The summed E-state index contributed by atoms with van der Waals surface area (Å²) in [6.07, 6.45) is 0. The summed E-state index contributed by atoms with van der Waals surface area (Å²) in [4.78, 5) is 0. The van der Waals surface area contributed by atoms with E-state index in [2.05, 4.69) is 12.2 Å². The monoisotopic (exact) mass is 163 g/mol. The molecule has 0 bridgehead atoms. The van der Waals surface area contributed by atoms with E-state index >= 15 is 0 Å². The fourth-order valence-electron chi connectivity index (χ4n) is 1.54. The Morgan fingerprint density at radius 3 is 2.67 bits per heavy atom. The Hall–Kier alpha value is -1.02. The smallest absolute Gasteiger partial charge is 0.123 e. The average Bonchev–Trinajstić information content (AvgIpc) is 2.79. The first kappa shape index (κ1) is 7.62. The fraction of sp³-hybridized carbons (Fsp3) is 0.400. The van der Waals surface area contributed by atoms with Crippen LogP contribution in [0.15, 0.2) is 12.1 Å². The van der Waals surface area contributed by atoms with Crippen LogP contribution in [0.25, 0.3) is 0 Å². The zero-order valence-corrected chi connectivity index (χ0v) is 7.39. The highest BCUT2D eigenvalue weighted by molar-refractivity contribution is 5.45. The summed E-state index contributed by atoms with van der Waals surface area (Å²) in [6.45, 7) is 4.99. The molecular formula is C10H13NO. The quantitative estimate of drug-likeness (QED) is 0.618. The molecule has 1 aliphatic rings. The number of nitrogens with one attached hydrogen (secondary N) is 1. The summed E-state index contributed by atoms with van der Waals surface area (Å²) in [6, 6.07) is 4.44. The van der Waals surface area contributed by atoms with Crippen LogP contribution in [0.2, 0.25) is 0 Å². The highest BCUT2D eigenvalue weighted by Gasteiger charge is 2.25. The molecule has 0 aliphatic carbocycles. The molecule has 12 heavy (non-hydrogen) atoms. The van der Waals surface area contributed by atoms with E-state index in [1.165, 1.54) is 5.56 Å². The topological polar surface area (TPSA) is 42.2 Å². The van der Waals surface area contributed by atoms with Crippen LogP contribution < -0.4 is 5.32 Å². The molecule has 2 heteroatoms. The molecule has 2 N–H and O–H groups in total. The fourth-order valence-corrected chi connectivity index (χ4v) is 1.54. The van der Waals surface area contributed by atoms with Crippen LogP contribution in [-0.2, 0) is 0 Å². The van der Waals surface area contributed by atoms with Gasteiger partial charge in [-0.05, 0) is 19.4 Å². The van der Waals surface area contributed by atoms with Crippen molar-refractivity contribution in [1.29, 1.82) is 0 Å². The van der Waals surface area contributed by atoms with Crippen LogP contribution in [0.1, 0.15) is 22.7 Å². The van der Waals surface area contributed by atoms with Gasteiger partial charge in [0.1, 0.15) is 5.75 Å². The number of aryl methyl sites for hydroxylation is 2. The van der Waals surface area contributed by atoms with Crippen molar-refractivity contribution in [3.63, 3.8) is 0 Å². The normalized spacial score (nSPS) is 21.0. The number of phenolic OH excluding ortho intramolecular Hbond substituents is 1.